The van der Waals surface area contributed by atoms with Crippen molar-refractivity contribution in [1.29, 1.82) is 0 Å². The summed E-state index contributed by atoms with van der Waals surface area (Å²) in [6.45, 7) is 0. The van der Waals surface area contributed by atoms with E-state index in [1.165, 1.54) is 24.3 Å². The number of carbonyl (C=O) groups is 2. The van der Waals surface area contributed by atoms with E-state index in [0.717, 1.165) is 12.8 Å². The Labute approximate surface area is 115 Å². The fraction of sp³-hybridized carbons (Fsp3) is 0.429. The average molecular weight is 277 g/mol. The molecule has 0 spiro atoms. The number of carboxylic acids is 1. The molecule has 6 nitrogen and oxygen atoms in total. The first-order chi connectivity index (χ1) is 9.50. The van der Waals surface area contributed by atoms with Crippen molar-refractivity contribution in [3.8, 4) is 0 Å². The van der Waals surface area contributed by atoms with Gasteiger partial charge in [0.1, 0.15) is 0 Å². The molecule has 1 N–H and O–H groups in total. The van der Waals surface area contributed by atoms with E-state index in [4.69, 9.17) is 0 Å². The molecule has 0 bridgehead atoms. The molecule has 1 fully saturated rings. The van der Waals surface area contributed by atoms with Crippen LogP contribution in [0, 0.1) is 22.0 Å². The van der Waals surface area contributed by atoms with Gasteiger partial charge in [-0.1, -0.05) is 25.0 Å². The molecule has 1 aliphatic carbocycles. The zero-order chi connectivity index (χ0) is 14.7. The van der Waals surface area contributed by atoms with E-state index in [0.29, 0.717) is 12.8 Å². The fourth-order valence-electron chi connectivity index (χ4n) is 2.73. The molecule has 0 heterocycles. The number of hydrogen-bond donors (Lipinski definition) is 1. The van der Waals surface area contributed by atoms with Crippen LogP contribution in [-0.4, -0.2) is 21.8 Å². The van der Waals surface area contributed by atoms with Gasteiger partial charge in [0.15, 0.2) is 5.78 Å². The molecule has 0 aliphatic heterocycles. The van der Waals surface area contributed by atoms with Crippen molar-refractivity contribution in [3.63, 3.8) is 0 Å². The van der Waals surface area contributed by atoms with Gasteiger partial charge in [0.25, 0.3) is 5.69 Å². The molecule has 0 aromatic heterocycles. The van der Waals surface area contributed by atoms with Gasteiger partial charge in [-0.3, -0.25) is 19.7 Å². The second-order valence-corrected chi connectivity index (χ2v) is 5.01. The summed E-state index contributed by atoms with van der Waals surface area (Å²) in [5.41, 5.74) is 0.0656. The monoisotopic (exact) mass is 277 g/mol. The summed E-state index contributed by atoms with van der Waals surface area (Å²) in [4.78, 5) is 33.8. The zero-order valence-corrected chi connectivity index (χ0v) is 10.8. The SMILES string of the molecule is O=C(O)C1CCCCC1C(=O)c1cccc([N+](=O)[O-])c1. The maximum Gasteiger partial charge on any atom is 0.307 e. The predicted molar refractivity (Wildman–Crippen MR) is 70.5 cm³/mol. The number of benzene rings is 1. The molecule has 0 saturated heterocycles. The Balaban J connectivity index is 2.27. The molecule has 1 aromatic rings. The lowest BCUT2D eigenvalue weighted by molar-refractivity contribution is -0.384. The van der Waals surface area contributed by atoms with Gasteiger partial charge in [-0.2, -0.15) is 0 Å². The van der Waals surface area contributed by atoms with Crippen LogP contribution in [0.15, 0.2) is 24.3 Å². The lowest BCUT2D eigenvalue weighted by Gasteiger charge is -2.27. The molecule has 2 atom stereocenters. The van der Waals surface area contributed by atoms with Crippen LogP contribution in [0.2, 0.25) is 0 Å². The highest BCUT2D eigenvalue weighted by Crippen LogP contribution is 2.33. The zero-order valence-electron chi connectivity index (χ0n) is 10.8. The summed E-state index contributed by atoms with van der Waals surface area (Å²) >= 11 is 0. The molecule has 6 heteroatoms. The van der Waals surface area contributed by atoms with E-state index in [1.54, 1.807) is 0 Å². The first-order valence-electron chi connectivity index (χ1n) is 6.52. The van der Waals surface area contributed by atoms with Crippen LogP contribution in [0.25, 0.3) is 0 Å². The number of carbonyl (C=O) groups excluding carboxylic acids is 1. The van der Waals surface area contributed by atoms with Crippen molar-refractivity contribution in [2.45, 2.75) is 25.7 Å². The van der Waals surface area contributed by atoms with Crippen molar-refractivity contribution in [2.24, 2.45) is 11.8 Å². The topological polar surface area (TPSA) is 97.5 Å². The second kappa shape index (κ2) is 5.81. The summed E-state index contributed by atoms with van der Waals surface area (Å²) in [5.74, 6) is -2.53. The molecule has 2 rings (SSSR count). The maximum absolute atomic E-state index is 12.4. The van der Waals surface area contributed by atoms with E-state index in [1.807, 2.05) is 0 Å². The Bertz CT molecular complexity index is 554. The Morgan fingerprint density at radius 1 is 1.20 bits per heavy atom. The van der Waals surface area contributed by atoms with E-state index in [-0.39, 0.29) is 17.0 Å². The maximum atomic E-state index is 12.4. The van der Waals surface area contributed by atoms with Crippen LogP contribution in [-0.2, 0) is 4.79 Å². The Morgan fingerprint density at radius 3 is 2.45 bits per heavy atom. The highest BCUT2D eigenvalue weighted by Gasteiger charge is 2.36. The largest absolute Gasteiger partial charge is 0.481 e. The number of hydrogen-bond acceptors (Lipinski definition) is 4. The number of aliphatic carboxylic acids is 1. The number of carboxylic acid groups (broad SMARTS) is 1. The van der Waals surface area contributed by atoms with Crippen LogP contribution in [0.1, 0.15) is 36.0 Å². The number of ketones is 1. The lowest BCUT2D eigenvalue weighted by atomic mass is 9.75. The van der Waals surface area contributed by atoms with Crippen molar-refractivity contribution >= 4 is 17.4 Å². The number of non-ortho nitro benzene ring substituents is 1. The lowest BCUT2D eigenvalue weighted by Crippen LogP contribution is -2.32. The minimum absolute atomic E-state index is 0.154. The Hall–Kier alpha value is -2.24. The van der Waals surface area contributed by atoms with Gasteiger partial charge in [-0.25, -0.2) is 0 Å². The van der Waals surface area contributed by atoms with Crippen LogP contribution >= 0.6 is 0 Å². The van der Waals surface area contributed by atoms with Crippen molar-refractivity contribution in [1.82, 2.24) is 0 Å². The van der Waals surface area contributed by atoms with Crippen LogP contribution in [0.5, 0.6) is 0 Å². The average Bonchev–Trinajstić information content (AvgIpc) is 2.46. The van der Waals surface area contributed by atoms with Gasteiger partial charge in [0.2, 0.25) is 0 Å². The van der Waals surface area contributed by atoms with E-state index < -0.39 is 22.7 Å². The standard InChI is InChI=1S/C14H15NO5/c16-13(9-4-3-5-10(8-9)15(19)20)11-6-1-2-7-12(11)14(17)18/h3-5,8,11-12H,1-2,6-7H2,(H,17,18). The van der Waals surface area contributed by atoms with E-state index >= 15 is 0 Å². The molecule has 1 saturated carbocycles. The van der Waals surface area contributed by atoms with Crippen molar-refractivity contribution in [3.05, 3.63) is 39.9 Å². The predicted octanol–water partition coefficient (Wildman–Crippen LogP) is 2.67. The minimum Gasteiger partial charge on any atom is -0.481 e. The van der Waals surface area contributed by atoms with Gasteiger partial charge in [-0.05, 0) is 12.8 Å². The molecule has 20 heavy (non-hydrogen) atoms. The number of nitro groups is 1. The molecule has 1 aromatic carbocycles. The summed E-state index contributed by atoms with van der Waals surface area (Å²) in [6, 6.07) is 5.48. The summed E-state index contributed by atoms with van der Waals surface area (Å²) in [6.07, 6.45) is 2.63. The molecule has 0 amide bonds. The summed E-state index contributed by atoms with van der Waals surface area (Å²) < 4.78 is 0. The third-order valence-electron chi connectivity index (χ3n) is 3.76. The van der Waals surface area contributed by atoms with Crippen LogP contribution in [0.3, 0.4) is 0 Å². The normalized spacial score (nSPS) is 22.2. The molecule has 0 radical (unpaired) electrons. The molecular weight excluding hydrogens is 262 g/mol. The quantitative estimate of drug-likeness (QED) is 0.518. The van der Waals surface area contributed by atoms with Gasteiger partial charge < -0.3 is 5.11 Å². The first kappa shape index (κ1) is 14.2. The Kier molecular flexibility index (Phi) is 4.12. The van der Waals surface area contributed by atoms with Crippen molar-refractivity contribution in [2.75, 3.05) is 0 Å². The minimum atomic E-state index is -0.964. The fourth-order valence-corrected chi connectivity index (χ4v) is 2.73. The van der Waals surface area contributed by atoms with Crippen molar-refractivity contribution < 1.29 is 19.6 Å². The third kappa shape index (κ3) is 2.84. The molecular formula is C14H15NO5. The van der Waals surface area contributed by atoms with E-state index in [9.17, 15) is 24.8 Å². The molecule has 2 unspecified atom stereocenters. The van der Waals surface area contributed by atoms with Crippen LogP contribution < -0.4 is 0 Å². The first-order valence-corrected chi connectivity index (χ1v) is 6.52. The smallest absolute Gasteiger partial charge is 0.307 e. The van der Waals surface area contributed by atoms with Gasteiger partial charge >= 0.3 is 5.97 Å². The van der Waals surface area contributed by atoms with E-state index in [2.05, 4.69) is 0 Å². The third-order valence-corrected chi connectivity index (χ3v) is 3.76. The summed E-state index contributed by atoms with van der Waals surface area (Å²) in [7, 11) is 0. The molecule has 106 valence electrons. The summed E-state index contributed by atoms with van der Waals surface area (Å²) in [5, 5.41) is 19.9. The number of rotatable bonds is 4. The number of nitrogens with zero attached hydrogens (tertiary/aromatic N) is 1. The highest BCUT2D eigenvalue weighted by atomic mass is 16.6. The number of Topliss-reactive ketones (excluding diaryl/α,β-unsaturated/α-hetero) is 1. The molecule has 1 aliphatic rings. The highest BCUT2D eigenvalue weighted by molar-refractivity contribution is 6.00. The Morgan fingerprint density at radius 2 is 1.85 bits per heavy atom. The van der Waals surface area contributed by atoms with Gasteiger partial charge in [-0.15, -0.1) is 0 Å². The van der Waals surface area contributed by atoms with Gasteiger partial charge in [0, 0.05) is 23.6 Å². The van der Waals surface area contributed by atoms with Crippen LogP contribution in [0.4, 0.5) is 5.69 Å². The van der Waals surface area contributed by atoms with Gasteiger partial charge in [0.05, 0.1) is 10.8 Å². The number of nitro benzene ring substituents is 1. The second-order valence-electron chi connectivity index (χ2n) is 5.01.